The van der Waals surface area contributed by atoms with Gasteiger partial charge >= 0.3 is 11.8 Å². The minimum absolute atomic E-state index is 0.784. The van der Waals surface area contributed by atoms with Gasteiger partial charge in [-0.05, 0) is 72.8 Å². The van der Waals surface area contributed by atoms with E-state index < -0.39 is 11.8 Å². The average Bonchev–Trinajstić information content (AvgIpc) is 1.50. The monoisotopic (exact) mass is 1050 g/mol. The lowest BCUT2D eigenvalue weighted by Crippen LogP contribution is -2.69. The Hall–Kier alpha value is -11.5. The van der Waals surface area contributed by atoms with E-state index >= 15 is 0 Å². The third kappa shape index (κ3) is 3.85. The average molecular weight is 1050 g/mol. The van der Waals surface area contributed by atoms with E-state index in [4.69, 9.17) is 19.9 Å². The van der Waals surface area contributed by atoms with Gasteiger partial charge in [-0.2, -0.15) is 18.3 Å². The highest BCUT2D eigenvalue weighted by Crippen LogP contribution is 2.55. The minimum atomic E-state index is -0.833. The van der Waals surface area contributed by atoms with Crippen molar-refractivity contribution >= 4 is 138 Å². The smallest absolute Gasteiger partial charge is 0.264 e. The lowest BCUT2D eigenvalue weighted by molar-refractivity contribution is -0.805. The van der Waals surface area contributed by atoms with Crippen molar-refractivity contribution in [1.29, 1.82) is 0 Å². The Balaban J connectivity index is 0.000000110. The maximum atomic E-state index is 4.95. The minimum Gasteiger partial charge on any atom is -0.264 e. The van der Waals surface area contributed by atoms with E-state index in [-0.39, 0.29) is 0 Å². The van der Waals surface area contributed by atoms with Crippen LogP contribution in [0.1, 0.15) is 67.5 Å². The first kappa shape index (κ1) is 39.8. The largest absolute Gasteiger partial charge is 0.554 e. The van der Waals surface area contributed by atoms with Gasteiger partial charge in [-0.1, -0.05) is 18.3 Å². The summed E-state index contributed by atoms with van der Waals surface area (Å²) < 4.78 is 20.1. The van der Waals surface area contributed by atoms with Crippen LogP contribution < -0.4 is 21.4 Å². The summed E-state index contributed by atoms with van der Waals surface area (Å²) in [6, 6.07) is 25.5. The van der Waals surface area contributed by atoms with Crippen molar-refractivity contribution in [2.45, 2.75) is 11.8 Å². The van der Waals surface area contributed by atoms with Gasteiger partial charge in [-0.15, -0.1) is 0 Å². The van der Waals surface area contributed by atoms with Gasteiger partial charge in [0.2, 0.25) is 45.6 Å². The van der Waals surface area contributed by atoms with Crippen LogP contribution in [0.2, 0.25) is 0 Å². The number of rotatable bonds is 0. The fourth-order valence-electron chi connectivity index (χ4n) is 16.5. The quantitative estimate of drug-likeness (QED) is 0.193. The van der Waals surface area contributed by atoms with Crippen LogP contribution in [0, 0.1) is 0 Å². The van der Waals surface area contributed by atoms with Crippen molar-refractivity contribution in [2.24, 2.45) is 0 Å². The Morgan fingerprint density at radius 2 is 0.780 bits per heavy atom. The highest BCUT2D eigenvalue weighted by atomic mass is 15.6. The summed E-state index contributed by atoms with van der Waals surface area (Å²) in [5, 5.41) is 11.5. The summed E-state index contributed by atoms with van der Waals surface area (Å²) in [7, 11) is 0. The molecule has 24 heterocycles. The second kappa shape index (κ2) is 12.7. The molecule has 2 unspecified atom stereocenters. The van der Waals surface area contributed by atoms with Crippen LogP contribution in [0.5, 0.6) is 0 Å². The third-order valence-electron chi connectivity index (χ3n) is 19.2. The topological polar surface area (TPSA) is 135 Å². The van der Waals surface area contributed by atoms with Gasteiger partial charge in [0.15, 0.2) is 0 Å². The molecule has 0 aromatic carbocycles. The number of pyridine rings is 8. The van der Waals surface area contributed by atoms with Gasteiger partial charge in [0, 0.05) is 155 Å². The normalized spacial score (nSPS) is 20.8. The lowest BCUT2D eigenvalue weighted by atomic mass is 10.0. The second-order valence-corrected chi connectivity index (χ2v) is 22.5. The highest BCUT2D eigenvalue weighted by Gasteiger charge is 2.75. The van der Waals surface area contributed by atoms with Crippen molar-refractivity contribution in [3.05, 3.63) is 236 Å². The van der Waals surface area contributed by atoms with Gasteiger partial charge < -0.3 is 0 Å². The van der Waals surface area contributed by atoms with Crippen LogP contribution in [0.25, 0.3) is 115 Å². The molecule has 0 saturated heterocycles. The van der Waals surface area contributed by atoms with Crippen molar-refractivity contribution in [2.75, 3.05) is 0 Å². The molecule has 0 bridgehead atoms. The number of nitrogens with zero attached hydrogens (tertiary/aromatic N) is 16. The van der Waals surface area contributed by atoms with Crippen LogP contribution in [-0.2, 0) is 11.8 Å². The molecule has 0 amide bonds. The predicted molar refractivity (Wildman–Crippen MR) is 308 cm³/mol. The molecule has 12 aromatic rings. The Morgan fingerprint density at radius 3 is 1.56 bits per heavy atom. The maximum Gasteiger partial charge on any atom is 0.554 e. The zero-order valence-electron chi connectivity index (χ0n) is 42.6. The molecule has 2 atom stereocenters. The third-order valence-corrected chi connectivity index (χ3v) is 19.2. The molecule has 0 N–H and O–H groups in total. The first-order valence-corrected chi connectivity index (χ1v) is 27.4. The highest BCUT2D eigenvalue weighted by molar-refractivity contribution is 6.28. The summed E-state index contributed by atoms with van der Waals surface area (Å²) in [6.45, 7) is 0. The Bertz CT molecular complexity index is 5300. The molecular formula is C66H32N16+4. The van der Waals surface area contributed by atoms with Gasteiger partial charge in [0.25, 0.3) is 0 Å². The zero-order chi connectivity index (χ0) is 52.4. The van der Waals surface area contributed by atoms with Gasteiger partial charge in [-0.3, -0.25) is 29.9 Å². The van der Waals surface area contributed by atoms with E-state index in [1.54, 1.807) is 0 Å². The van der Waals surface area contributed by atoms with Crippen LogP contribution in [0.3, 0.4) is 0 Å². The molecule has 82 heavy (non-hydrogen) atoms. The molecule has 0 radical (unpaired) electrons. The fraction of sp³-hybridized carbons (Fsp3) is 0.0303. The number of fused-ring (bicyclic) bond motifs is 24. The van der Waals surface area contributed by atoms with E-state index in [0.29, 0.717) is 0 Å². The molecule has 16 heteroatoms. The number of aromatic nitrogens is 12. The predicted octanol–water partition coefficient (Wildman–Crippen LogP) is 5.07. The molecule has 372 valence electrons. The number of hydrogen-bond acceptors (Lipinski definition) is 8. The van der Waals surface area contributed by atoms with Crippen molar-refractivity contribution in [1.82, 2.24) is 58.1 Å². The van der Waals surface area contributed by atoms with E-state index in [9.17, 15) is 0 Å². The molecule has 16 nitrogen and oxygen atoms in total. The molecular weight excluding hydrogens is 1020 g/mol. The molecule has 12 aliphatic rings. The van der Waals surface area contributed by atoms with Crippen LogP contribution in [-0.4, -0.2) is 99.3 Å². The van der Waals surface area contributed by atoms with E-state index in [2.05, 4.69) is 154 Å². The maximum absolute atomic E-state index is 4.95. The van der Waals surface area contributed by atoms with Crippen LogP contribution in [0.4, 0.5) is 0 Å². The summed E-state index contributed by atoms with van der Waals surface area (Å²) >= 11 is 0. The summed E-state index contributed by atoms with van der Waals surface area (Å²) in [6.07, 6.45) is 41.8. The molecule has 12 aliphatic heterocycles. The van der Waals surface area contributed by atoms with E-state index in [0.717, 1.165) is 134 Å². The summed E-state index contributed by atoms with van der Waals surface area (Å²) in [4.78, 5) is 38.2. The fourth-order valence-corrected chi connectivity index (χ4v) is 16.5. The SMILES string of the molecule is C1=C2c3cccnc3C3=[N+]2C24n5c(c6cccnc6c51)C=C1c5ncccc5C(=[N+]12)C=c1c2ncccc2c(n14)=C3.C1=C2c3cnccc3C3=[N+]2C24n5c1c1ccncc1c5C=C1c5cnccc5C(=[N+]12)C=c1c2cnccc2c(n14)=C3. The van der Waals surface area contributed by atoms with E-state index in [1.807, 2.05) is 98.6 Å². The van der Waals surface area contributed by atoms with E-state index in [1.165, 1.54) is 44.4 Å². The summed E-state index contributed by atoms with van der Waals surface area (Å²) in [5.74, 6) is -1.62. The zero-order valence-corrected chi connectivity index (χ0v) is 42.6. The van der Waals surface area contributed by atoms with Crippen LogP contribution in [0.15, 0.2) is 147 Å². The van der Waals surface area contributed by atoms with Crippen molar-refractivity contribution in [3.8, 4) is 0 Å². The van der Waals surface area contributed by atoms with Crippen molar-refractivity contribution < 1.29 is 18.3 Å². The van der Waals surface area contributed by atoms with Gasteiger partial charge in [0.1, 0.15) is 11.4 Å². The molecule has 0 saturated carbocycles. The lowest BCUT2D eigenvalue weighted by Gasteiger charge is -2.37. The Kier molecular flexibility index (Phi) is 6.14. The second-order valence-electron chi connectivity index (χ2n) is 22.5. The Labute approximate surface area is 459 Å². The standard InChI is InChI=1S/2C33H16N8/c1-5-34-13-21-17(1)25-9-26-18-2-6-35-14-22(18)30-11-28-20-4-8-37-16-24(20)32-12-31-23-15-36-7-3-19(23)27-10-29(21)38(25)33(39(26)30,40(27)31)41(28)32;1-5-17-21-13-26-30-19(7-3-10-35-30)23-15-28-32-20(8-4-12-37-32)24-16-27-31-18(6-2-11-36-31)22-14-25(29(17)34-9-1)38(21)33(39(23)26,40(22)27)41(24)28/h2*1-16H/q2*+2. The molecule has 0 aliphatic carbocycles. The molecule has 0 fully saturated rings. The van der Waals surface area contributed by atoms with Gasteiger partial charge in [0.05, 0.1) is 88.6 Å². The molecule has 12 aromatic heterocycles. The van der Waals surface area contributed by atoms with Crippen LogP contribution >= 0.6 is 0 Å². The Morgan fingerprint density at radius 1 is 0.293 bits per heavy atom. The molecule has 24 rings (SSSR count). The van der Waals surface area contributed by atoms with Gasteiger partial charge in [-0.25, -0.2) is 9.97 Å². The van der Waals surface area contributed by atoms with Crippen molar-refractivity contribution in [3.63, 3.8) is 0 Å². The summed E-state index contributed by atoms with van der Waals surface area (Å²) in [5.41, 5.74) is 24.5. The first-order chi connectivity index (χ1) is 40.7. The molecule has 2 spiro atoms. The number of hydrogen-bond donors (Lipinski definition) is 0. The first-order valence-electron chi connectivity index (χ1n) is 27.4.